The number of nitrogens with one attached hydrogen (secondary N) is 1. The zero-order valence-corrected chi connectivity index (χ0v) is 11.9. The molecule has 0 bridgehead atoms. The van der Waals surface area contributed by atoms with Crippen LogP contribution < -0.4 is 10.1 Å². The number of ether oxygens (including phenoxy) is 1. The molecule has 1 heterocycles. The Kier molecular flexibility index (Phi) is 5.08. The molecule has 0 atom stereocenters. The topological polar surface area (TPSA) is 64.1 Å². The van der Waals surface area contributed by atoms with Gasteiger partial charge in [-0.25, -0.2) is 8.78 Å². The van der Waals surface area contributed by atoms with Crippen LogP contribution in [0.3, 0.4) is 0 Å². The second kappa shape index (κ2) is 6.86. The lowest BCUT2D eigenvalue weighted by Gasteiger charge is -2.13. The third kappa shape index (κ3) is 4.58. The van der Waals surface area contributed by atoms with Gasteiger partial charge in [0.1, 0.15) is 5.75 Å². The van der Waals surface area contributed by atoms with Crippen molar-refractivity contribution in [1.29, 1.82) is 0 Å². The number of aromatic nitrogens is 2. The van der Waals surface area contributed by atoms with E-state index in [9.17, 15) is 26.7 Å². The first-order valence-electron chi connectivity index (χ1n) is 5.98. The van der Waals surface area contributed by atoms with Crippen LogP contribution >= 0.6 is 11.3 Å². The third-order valence-electron chi connectivity index (χ3n) is 2.42. The standard InChI is InChI=1S/C12H8F5N3O2S/c13-9(14)10-19-20-11(23-10)18-8(21)5-22-7-4-2-1-3-6(7)12(15,16)17/h1-4,9H,5H2,(H,18,20,21). The molecular weight excluding hydrogens is 345 g/mol. The number of carbonyl (C=O) groups excluding carboxylic acids is 1. The molecule has 0 fully saturated rings. The maximum atomic E-state index is 12.7. The van der Waals surface area contributed by atoms with Crippen molar-refractivity contribution in [2.24, 2.45) is 0 Å². The Morgan fingerprint density at radius 2 is 1.96 bits per heavy atom. The van der Waals surface area contributed by atoms with E-state index >= 15 is 0 Å². The van der Waals surface area contributed by atoms with Crippen molar-refractivity contribution in [3.05, 3.63) is 34.8 Å². The van der Waals surface area contributed by atoms with Crippen molar-refractivity contribution in [3.63, 3.8) is 0 Å². The number of benzene rings is 1. The van der Waals surface area contributed by atoms with Gasteiger partial charge < -0.3 is 4.74 Å². The number of carbonyl (C=O) groups is 1. The van der Waals surface area contributed by atoms with Gasteiger partial charge in [-0.3, -0.25) is 10.1 Å². The molecule has 1 amide bonds. The van der Waals surface area contributed by atoms with Gasteiger partial charge in [-0.1, -0.05) is 23.5 Å². The summed E-state index contributed by atoms with van der Waals surface area (Å²) in [7, 11) is 0. The molecular formula is C12H8F5N3O2S. The summed E-state index contributed by atoms with van der Waals surface area (Å²) in [4.78, 5) is 11.6. The van der Waals surface area contributed by atoms with E-state index in [-0.39, 0.29) is 5.13 Å². The Morgan fingerprint density at radius 3 is 2.57 bits per heavy atom. The van der Waals surface area contributed by atoms with E-state index in [1.807, 2.05) is 0 Å². The van der Waals surface area contributed by atoms with Gasteiger partial charge in [0.25, 0.3) is 12.3 Å². The van der Waals surface area contributed by atoms with E-state index in [1.54, 1.807) is 0 Å². The molecule has 0 radical (unpaired) electrons. The summed E-state index contributed by atoms with van der Waals surface area (Å²) in [6, 6.07) is 4.38. The minimum atomic E-state index is -4.63. The second-order valence-corrected chi connectivity index (χ2v) is 5.09. The maximum absolute atomic E-state index is 12.7. The van der Waals surface area contributed by atoms with Gasteiger partial charge in [0.15, 0.2) is 11.6 Å². The van der Waals surface area contributed by atoms with E-state index in [0.29, 0.717) is 11.3 Å². The molecule has 0 unspecified atom stereocenters. The largest absolute Gasteiger partial charge is 0.483 e. The lowest BCUT2D eigenvalue weighted by atomic mass is 10.2. The van der Waals surface area contributed by atoms with Crippen LogP contribution in [0.5, 0.6) is 5.75 Å². The first kappa shape index (κ1) is 17.1. The Hall–Kier alpha value is -2.30. The van der Waals surface area contributed by atoms with Gasteiger partial charge in [0.2, 0.25) is 5.13 Å². The van der Waals surface area contributed by atoms with Crippen LogP contribution in [0.2, 0.25) is 0 Å². The van der Waals surface area contributed by atoms with Gasteiger partial charge >= 0.3 is 6.18 Å². The molecule has 5 nitrogen and oxygen atoms in total. The fourth-order valence-electron chi connectivity index (χ4n) is 1.50. The Labute approximate surface area is 130 Å². The van der Waals surface area contributed by atoms with E-state index in [1.165, 1.54) is 12.1 Å². The van der Waals surface area contributed by atoms with E-state index < -0.39 is 41.4 Å². The summed E-state index contributed by atoms with van der Waals surface area (Å²) in [5.74, 6) is -1.36. The predicted molar refractivity (Wildman–Crippen MR) is 70.4 cm³/mol. The third-order valence-corrected chi connectivity index (χ3v) is 3.27. The second-order valence-electron chi connectivity index (χ2n) is 4.08. The highest BCUT2D eigenvalue weighted by atomic mass is 32.1. The highest BCUT2D eigenvalue weighted by Gasteiger charge is 2.34. The Bertz CT molecular complexity index is 689. The number of anilines is 1. The molecule has 0 saturated carbocycles. The van der Waals surface area contributed by atoms with E-state index in [0.717, 1.165) is 12.1 Å². The molecule has 0 saturated heterocycles. The van der Waals surface area contributed by atoms with Crippen LogP contribution in [0.25, 0.3) is 0 Å². The summed E-state index contributed by atoms with van der Waals surface area (Å²) in [6.07, 6.45) is -7.45. The number of nitrogens with zero attached hydrogens (tertiary/aromatic N) is 2. The molecule has 0 spiro atoms. The van der Waals surface area contributed by atoms with Crippen molar-refractivity contribution in [2.75, 3.05) is 11.9 Å². The van der Waals surface area contributed by atoms with Crippen LogP contribution in [0.4, 0.5) is 27.1 Å². The molecule has 2 aromatic rings. The van der Waals surface area contributed by atoms with Crippen LogP contribution in [-0.2, 0) is 11.0 Å². The fraction of sp³-hybridized carbons (Fsp3) is 0.250. The SMILES string of the molecule is O=C(COc1ccccc1C(F)(F)F)Nc1nnc(C(F)F)s1. The molecule has 1 N–H and O–H groups in total. The van der Waals surface area contributed by atoms with Crippen LogP contribution in [0.15, 0.2) is 24.3 Å². The van der Waals surface area contributed by atoms with Gasteiger partial charge in [-0.2, -0.15) is 13.2 Å². The van der Waals surface area contributed by atoms with Crippen LogP contribution in [0, 0.1) is 0 Å². The first-order valence-corrected chi connectivity index (χ1v) is 6.79. The monoisotopic (exact) mass is 353 g/mol. The molecule has 11 heteroatoms. The lowest BCUT2D eigenvalue weighted by molar-refractivity contribution is -0.139. The number of para-hydroxylation sites is 1. The summed E-state index contributed by atoms with van der Waals surface area (Å²) in [6.45, 7) is -0.739. The normalized spacial score (nSPS) is 11.6. The summed E-state index contributed by atoms with van der Waals surface area (Å²) >= 11 is 0.459. The molecule has 0 aliphatic carbocycles. The molecule has 2 rings (SSSR count). The quantitative estimate of drug-likeness (QED) is 0.836. The van der Waals surface area contributed by atoms with E-state index in [4.69, 9.17) is 4.74 Å². The van der Waals surface area contributed by atoms with Crippen LogP contribution in [0.1, 0.15) is 17.0 Å². The highest BCUT2D eigenvalue weighted by Crippen LogP contribution is 2.35. The van der Waals surface area contributed by atoms with Crippen molar-refractivity contribution in [1.82, 2.24) is 10.2 Å². The molecule has 0 aliphatic heterocycles. The van der Waals surface area contributed by atoms with Crippen molar-refractivity contribution >= 4 is 22.4 Å². The summed E-state index contributed by atoms with van der Waals surface area (Å²) < 4.78 is 67.6. The zero-order chi connectivity index (χ0) is 17.0. The van der Waals surface area contributed by atoms with Gasteiger partial charge in [0.05, 0.1) is 5.56 Å². The summed E-state index contributed by atoms with van der Waals surface area (Å²) in [5, 5.41) is 7.79. The number of halogens is 5. The average Bonchev–Trinajstić information content (AvgIpc) is 2.93. The van der Waals surface area contributed by atoms with Gasteiger partial charge in [0, 0.05) is 0 Å². The van der Waals surface area contributed by atoms with E-state index in [2.05, 4.69) is 15.5 Å². The smallest absolute Gasteiger partial charge is 0.419 e. The number of hydrogen-bond acceptors (Lipinski definition) is 5. The Balaban J connectivity index is 1.97. The molecule has 1 aromatic heterocycles. The first-order chi connectivity index (χ1) is 10.8. The van der Waals surface area contributed by atoms with Crippen molar-refractivity contribution in [3.8, 4) is 5.75 Å². The molecule has 23 heavy (non-hydrogen) atoms. The van der Waals surface area contributed by atoms with Gasteiger partial charge in [-0.15, -0.1) is 10.2 Å². The van der Waals surface area contributed by atoms with Crippen molar-refractivity contribution in [2.45, 2.75) is 12.6 Å². The van der Waals surface area contributed by atoms with Crippen molar-refractivity contribution < 1.29 is 31.5 Å². The predicted octanol–water partition coefficient (Wildman–Crippen LogP) is 3.51. The summed E-state index contributed by atoms with van der Waals surface area (Å²) in [5.41, 5.74) is -1.02. The molecule has 0 aliphatic rings. The number of hydrogen-bond donors (Lipinski definition) is 1. The Morgan fingerprint density at radius 1 is 1.26 bits per heavy atom. The maximum Gasteiger partial charge on any atom is 0.419 e. The minimum absolute atomic E-state index is 0.196. The fourth-order valence-corrected chi connectivity index (χ4v) is 2.11. The van der Waals surface area contributed by atoms with Gasteiger partial charge in [-0.05, 0) is 12.1 Å². The molecule has 1 aromatic carbocycles. The average molecular weight is 353 g/mol. The number of rotatable bonds is 5. The zero-order valence-electron chi connectivity index (χ0n) is 11.1. The number of amides is 1. The lowest BCUT2D eigenvalue weighted by Crippen LogP contribution is -2.21. The number of alkyl halides is 5. The highest BCUT2D eigenvalue weighted by molar-refractivity contribution is 7.15. The minimum Gasteiger partial charge on any atom is -0.483 e. The molecule has 124 valence electrons. The van der Waals surface area contributed by atoms with Crippen LogP contribution in [-0.4, -0.2) is 22.7 Å².